The lowest BCUT2D eigenvalue weighted by atomic mass is 9.78. The van der Waals surface area contributed by atoms with Gasteiger partial charge in [0.05, 0.1) is 11.4 Å². The van der Waals surface area contributed by atoms with E-state index in [0.29, 0.717) is 11.8 Å². The standard InChI is InChI=1S/C62H60N2O/c1-5-16-42(17-6-2)54-38-56(63-45-30-26-40(4)27-31-45)52-36-34-49-55(44-20-12-9-13-21-44)39-58(53-37-35-48(54)59(52)60(49)53)64(46-32-28-41(7-3)29-33-46)57-25-15-24-51-50-23-14-22-47(61(50)65-62(51)57)43-18-10-8-11-19-43/h8,10-11,14-15,18-19,22-39,42,44,63H,5-7,9,12-13,16-17,20-21H2,1-4H3. The van der Waals surface area contributed by atoms with Crippen molar-refractivity contribution in [1.29, 1.82) is 0 Å². The molecule has 0 spiro atoms. The monoisotopic (exact) mass is 848 g/mol. The van der Waals surface area contributed by atoms with Crippen LogP contribution in [-0.2, 0) is 6.42 Å². The van der Waals surface area contributed by atoms with Crippen LogP contribution in [0.25, 0.3) is 65.4 Å². The van der Waals surface area contributed by atoms with Gasteiger partial charge in [0.2, 0.25) is 0 Å². The van der Waals surface area contributed by atoms with E-state index in [1.54, 1.807) is 0 Å². The molecule has 1 aliphatic rings. The second-order valence-electron chi connectivity index (χ2n) is 18.8. The first-order valence-corrected chi connectivity index (χ1v) is 24.5. The molecule has 1 fully saturated rings. The van der Waals surface area contributed by atoms with Gasteiger partial charge in [0.15, 0.2) is 5.58 Å². The van der Waals surface area contributed by atoms with Gasteiger partial charge in [-0.1, -0.05) is 168 Å². The molecule has 324 valence electrons. The van der Waals surface area contributed by atoms with E-state index in [-0.39, 0.29) is 0 Å². The highest BCUT2D eigenvalue weighted by Crippen LogP contribution is 2.52. The van der Waals surface area contributed by atoms with Crippen LogP contribution in [0.2, 0.25) is 0 Å². The van der Waals surface area contributed by atoms with Gasteiger partial charge in [-0.25, -0.2) is 0 Å². The van der Waals surface area contributed by atoms with Gasteiger partial charge in [0.25, 0.3) is 0 Å². The Hall–Kier alpha value is -6.58. The van der Waals surface area contributed by atoms with Crippen molar-refractivity contribution in [2.45, 2.75) is 104 Å². The molecule has 0 bridgehead atoms. The number of rotatable bonds is 13. The number of anilines is 5. The van der Waals surface area contributed by atoms with E-state index in [1.807, 2.05) is 0 Å². The van der Waals surface area contributed by atoms with Crippen LogP contribution in [0.4, 0.5) is 28.4 Å². The zero-order valence-electron chi connectivity index (χ0n) is 38.5. The molecule has 0 radical (unpaired) electrons. The third-order valence-corrected chi connectivity index (χ3v) is 14.7. The van der Waals surface area contributed by atoms with Crippen LogP contribution in [-0.4, -0.2) is 0 Å². The van der Waals surface area contributed by atoms with E-state index in [0.717, 1.165) is 69.4 Å². The van der Waals surface area contributed by atoms with Crippen molar-refractivity contribution in [2.24, 2.45) is 0 Å². The molecule has 1 aliphatic carbocycles. The summed E-state index contributed by atoms with van der Waals surface area (Å²) in [7, 11) is 0. The highest BCUT2D eigenvalue weighted by molar-refractivity contribution is 6.29. The molecular weight excluding hydrogens is 789 g/mol. The lowest BCUT2D eigenvalue weighted by Crippen LogP contribution is -2.13. The molecule has 0 aliphatic heterocycles. The minimum Gasteiger partial charge on any atom is -0.453 e. The molecule has 1 aromatic heterocycles. The molecule has 3 heteroatoms. The Morgan fingerprint density at radius 3 is 2.00 bits per heavy atom. The molecule has 0 amide bonds. The Kier molecular flexibility index (Phi) is 11.0. The first kappa shape index (κ1) is 41.1. The van der Waals surface area contributed by atoms with Crippen LogP contribution >= 0.6 is 0 Å². The number of hydrogen-bond acceptors (Lipinski definition) is 3. The Balaban J connectivity index is 1.24. The SMILES string of the molecule is CCCC(CCC)c1cc(Nc2ccc(C)cc2)c2ccc3c(C4CCCCC4)cc(N(c4ccc(CC)cc4)c4cccc5c4oc4c(-c6ccccc6)cccc45)c4ccc1c2c34. The van der Waals surface area contributed by atoms with Gasteiger partial charge in [0.1, 0.15) is 5.58 Å². The molecule has 1 heterocycles. The zero-order chi connectivity index (χ0) is 44.0. The summed E-state index contributed by atoms with van der Waals surface area (Å²) in [4.78, 5) is 2.54. The molecule has 65 heavy (non-hydrogen) atoms. The van der Waals surface area contributed by atoms with E-state index >= 15 is 0 Å². The number of nitrogens with one attached hydrogen (secondary N) is 1. The topological polar surface area (TPSA) is 28.4 Å². The van der Waals surface area contributed by atoms with Gasteiger partial charge in [-0.15, -0.1) is 0 Å². The summed E-state index contributed by atoms with van der Waals surface area (Å²) in [6.45, 7) is 9.10. The first-order chi connectivity index (χ1) is 32.0. The highest BCUT2D eigenvalue weighted by Gasteiger charge is 2.29. The summed E-state index contributed by atoms with van der Waals surface area (Å²) >= 11 is 0. The van der Waals surface area contributed by atoms with Crippen molar-refractivity contribution in [3.05, 3.63) is 174 Å². The Morgan fingerprint density at radius 2 is 1.26 bits per heavy atom. The number of para-hydroxylation sites is 2. The average Bonchev–Trinajstić information content (AvgIpc) is 3.75. The fraction of sp³-hybridized carbons (Fsp3) is 0.258. The van der Waals surface area contributed by atoms with E-state index in [4.69, 9.17) is 4.42 Å². The highest BCUT2D eigenvalue weighted by atomic mass is 16.3. The first-order valence-electron chi connectivity index (χ1n) is 24.5. The van der Waals surface area contributed by atoms with Gasteiger partial charge in [-0.3, -0.25) is 0 Å². The van der Waals surface area contributed by atoms with E-state index in [9.17, 15) is 0 Å². The number of hydrogen-bond donors (Lipinski definition) is 1. The number of fused-ring (bicyclic) bond motifs is 3. The minimum atomic E-state index is 0.477. The fourth-order valence-corrected chi connectivity index (χ4v) is 11.5. The number of benzene rings is 9. The third-order valence-electron chi connectivity index (χ3n) is 14.7. The molecule has 0 saturated heterocycles. The fourth-order valence-electron chi connectivity index (χ4n) is 11.5. The van der Waals surface area contributed by atoms with Crippen LogP contribution in [0, 0.1) is 6.92 Å². The molecule has 3 nitrogen and oxygen atoms in total. The maximum absolute atomic E-state index is 7.23. The quantitative estimate of drug-likeness (QED) is 0.117. The van der Waals surface area contributed by atoms with E-state index in [2.05, 4.69) is 190 Å². The predicted octanol–water partition coefficient (Wildman–Crippen LogP) is 19.0. The molecule has 9 aromatic carbocycles. The second-order valence-corrected chi connectivity index (χ2v) is 18.8. The molecular formula is C62H60N2O. The van der Waals surface area contributed by atoms with Crippen molar-refractivity contribution in [1.82, 2.24) is 0 Å². The third kappa shape index (κ3) is 7.30. The van der Waals surface area contributed by atoms with Crippen molar-refractivity contribution < 1.29 is 4.42 Å². The van der Waals surface area contributed by atoms with Crippen LogP contribution < -0.4 is 10.2 Å². The summed E-state index contributed by atoms with van der Waals surface area (Å²) in [5, 5.41) is 14.4. The summed E-state index contributed by atoms with van der Waals surface area (Å²) in [5.74, 6) is 0.967. The minimum absolute atomic E-state index is 0.477. The predicted molar refractivity (Wildman–Crippen MR) is 280 cm³/mol. The van der Waals surface area contributed by atoms with Crippen molar-refractivity contribution in [2.75, 3.05) is 10.2 Å². The molecule has 1 N–H and O–H groups in total. The summed E-state index contributed by atoms with van der Waals surface area (Å²) in [5.41, 5.74) is 15.4. The van der Waals surface area contributed by atoms with Crippen molar-refractivity contribution >= 4 is 82.7 Å². The lowest BCUT2D eigenvalue weighted by molar-refractivity contribution is 0.445. The molecule has 0 unspecified atom stereocenters. The summed E-state index contributed by atoms with van der Waals surface area (Å²) in [6.07, 6.45) is 12.0. The van der Waals surface area contributed by atoms with Crippen LogP contribution in [0.5, 0.6) is 0 Å². The zero-order valence-corrected chi connectivity index (χ0v) is 38.5. The normalized spacial score (nSPS) is 13.6. The second kappa shape index (κ2) is 17.4. The van der Waals surface area contributed by atoms with Crippen LogP contribution in [0.3, 0.4) is 0 Å². The number of aryl methyl sites for hydroxylation is 2. The van der Waals surface area contributed by atoms with Crippen molar-refractivity contribution in [3.63, 3.8) is 0 Å². The Bertz CT molecular complexity index is 3280. The van der Waals surface area contributed by atoms with Gasteiger partial charge < -0.3 is 14.6 Å². The Morgan fingerprint density at radius 1 is 0.585 bits per heavy atom. The molecule has 1 saturated carbocycles. The number of furan rings is 1. The van der Waals surface area contributed by atoms with Gasteiger partial charge in [-0.05, 0) is 137 Å². The maximum Gasteiger partial charge on any atom is 0.159 e. The van der Waals surface area contributed by atoms with Gasteiger partial charge in [0, 0.05) is 44.2 Å². The number of nitrogens with zero attached hydrogens (tertiary/aromatic N) is 1. The average molecular weight is 849 g/mol. The van der Waals surface area contributed by atoms with E-state index < -0.39 is 0 Å². The maximum atomic E-state index is 7.23. The van der Waals surface area contributed by atoms with Crippen LogP contribution in [0.15, 0.2) is 156 Å². The van der Waals surface area contributed by atoms with Gasteiger partial charge >= 0.3 is 0 Å². The molecule has 0 atom stereocenters. The van der Waals surface area contributed by atoms with Gasteiger partial charge in [-0.2, -0.15) is 0 Å². The smallest absolute Gasteiger partial charge is 0.159 e. The molecule has 10 aromatic rings. The van der Waals surface area contributed by atoms with Crippen molar-refractivity contribution in [3.8, 4) is 11.1 Å². The largest absolute Gasteiger partial charge is 0.453 e. The van der Waals surface area contributed by atoms with E-state index in [1.165, 1.54) is 111 Å². The Labute approximate surface area is 384 Å². The van der Waals surface area contributed by atoms with Crippen LogP contribution in [0.1, 0.15) is 113 Å². The summed E-state index contributed by atoms with van der Waals surface area (Å²) in [6, 6.07) is 57.1. The molecule has 11 rings (SSSR count). The summed E-state index contributed by atoms with van der Waals surface area (Å²) < 4.78 is 7.23. The lowest BCUT2D eigenvalue weighted by Gasteiger charge is -2.31.